The second kappa shape index (κ2) is 5.05. The smallest absolute Gasteiger partial charge is 0.272 e. The molecule has 0 saturated carbocycles. The van der Waals surface area contributed by atoms with Gasteiger partial charge in [0.25, 0.3) is 5.91 Å². The summed E-state index contributed by atoms with van der Waals surface area (Å²) in [4.78, 5) is 15.5. The molecule has 0 saturated heterocycles. The molecule has 0 aliphatic carbocycles. The second-order valence-electron chi connectivity index (χ2n) is 5.14. The van der Waals surface area contributed by atoms with Crippen molar-refractivity contribution >= 4 is 22.5 Å². The van der Waals surface area contributed by atoms with Crippen LogP contribution in [0.1, 0.15) is 21.6 Å². The molecule has 0 fully saturated rings. The monoisotopic (exact) mass is 282 g/mol. The molecule has 1 aromatic heterocycles. The lowest BCUT2D eigenvalue weighted by Crippen LogP contribution is -2.13. The Kier molecular flexibility index (Phi) is 3.22. The highest BCUT2D eigenvalue weighted by Gasteiger charge is 2.14. The Morgan fingerprint density at radius 3 is 2.52 bits per heavy atom. The van der Waals surface area contributed by atoms with Gasteiger partial charge in [0, 0.05) is 16.6 Å². The quantitative estimate of drug-likeness (QED) is 0.727. The minimum Gasteiger partial charge on any atom is -0.350 e. The average molecular weight is 282 g/mol. The predicted molar refractivity (Wildman–Crippen MR) is 82.1 cm³/mol. The zero-order chi connectivity index (χ0) is 15.0. The molecule has 3 rings (SSSR count). The molecular formula is C17H15FN2O. The van der Waals surface area contributed by atoms with Crippen LogP contribution in [0.4, 0.5) is 10.1 Å². The van der Waals surface area contributed by atoms with Crippen molar-refractivity contribution in [1.29, 1.82) is 0 Å². The van der Waals surface area contributed by atoms with Crippen LogP contribution in [0.3, 0.4) is 0 Å². The molecule has 0 bridgehead atoms. The molecule has 4 heteroatoms. The van der Waals surface area contributed by atoms with Gasteiger partial charge in [-0.1, -0.05) is 11.6 Å². The van der Waals surface area contributed by atoms with Crippen LogP contribution in [0.2, 0.25) is 0 Å². The summed E-state index contributed by atoms with van der Waals surface area (Å²) in [7, 11) is 0. The molecule has 21 heavy (non-hydrogen) atoms. The maximum atomic E-state index is 12.9. The van der Waals surface area contributed by atoms with Crippen LogP contribution in [-0.2, 0) is 0 Å². The molecule has 1 heterocycles. The minimum absolute atomic E-state index is 0.229. The number of amides is 1. The van der Waals surface area contributed by atoms with Crippen molar-refractivity contribution in [3.63, 3.8) is 0 Å². The largest absolute Gasteiger partial charge is 0.350 e. The van der Waals surface area contributed by atoms with Gasteiger partial charge in [0.2, 0.25) is 0 Å². The van der Waals surface area contributed by atoms with Gasteiger partial charge in [0.05, 0.1) is 0 Å². The number of fused-ring (bicyclic) bond motifs is 1. The van der Waals surface area contributed by atoms with Crippen LogP contribution < -0.4 is 5.32 Å². The SMILES string of the molecule is Cc1ccc2[nH]c(C(=O)Nc3ccc(F)cc3)c(C)c2c1. The topological polar surface area (TPSA) is 44.9 Å². The highest BCUT2D eigenvalue weighted by molar-refractivity contribution is 6.07. The van der Waals surface area contributed by atoms with E-state index in [0.29, 0.717) is 11.4 Å². The molecule has 0 radical (unpaired) electrons. The van der Waals surface area contributed by atoms with Gasteiger partial charge in [-0.2, -0.15) is 0 Å². The molecule has 0 unspecified atom stereocenters. The molecule has 0 atom stereocenters. The van der Waals surface area contributed by atoms with Crippen LogP contribution in [0.15, 0.2) is 42.5 Å². The number of carbonyl (C=O) groups is 1. The third-order valence-electron chi connectivity index (χ3n) is 3.54. The lowest BCUT2D eigenvalue weighted by atomic mass is 10.1. The number of rotatable bonds is 2. The van der Waals surface area contributed by atoms with E-state index in [1.54, 1.807) is 0 Å². The number of hydrogen-bond donors (Lipinski definition) is 2. The Morgan fingerprint density at radius 1 is 1.10 bits per heavy atom. The highest BCUT2D eigenvalue weighted by atomic mass is 19.1. The lowest BCUT2D eigenvalue weighted by Gasteiger charge is -2.04. The summed E-state index contributed by atoms with van der Waals surface area (Å²) < 4.78 is 12.9. The normalized spacial score (nSPS) is 10.8. The fourth-order valence-electron chi connectivity index (χ4n) is 2.39. The number of H-pyrrole nitrogens is 1. The van der Waals surface area contributed by atoms with Crippen molar-refractivity contribution in [2.24, 2.45) is 0 Å². The number of aromatic nitrogens is 1. The number of aryl methyl sites for hydroxylation is 2. The van der Waals surface area contributed by atoms with Crippen molar-refractivity contribution in [3.05, 3.63) is 65.1 Å². The standard InChI is InChI=1S/C17H15FN2O/c1-10-3-8-15-14(9-10)11(2)16(20-15)17(21)19-13-6-4-12(18)5-7-13/h3-9,20H,1-2H3,(H,19,21). The van der Waals surface area contributed by atoms with E-state index < -0.39 is 0 Å². The molecule has 3 aromatic rings. The predicted octanol–water partition coefficient (Wildman–Crippen LogP) is 4.18. The number of hydrogen-bond acceptors (Lipinski definition) is 1. The lowest BCUT2D eigenvalue weighted by molar-refractivity contribution is 0.102. The van der Waals surface area contributed by atoms with Gasteiger partial charge in [0.1, 0.15) is 11.5 Å². The zero-order valence-electron chi connectivity index (χ0n) is 11.8. The molecule has 2 N–H and O–H groups in total. The molecule has 0 aliphatic heterocycles. The molecule has 0 spiro atoms. The fourth-order valence-corrected chi connectivity index (χ4v) is 2.39. The first kappa shape index (κ1) is 13.4. The summed E-state index contributed by atoms with van der Waals surface area (Å²) in [6.45, 7) is 3.93. The van der Waals surface area contributed by atoms with Crippen molar-refractivity contribution < 1.29 is 9.18 Å². The zero-order valence-corrected chi connectivity index (χ0v) is 11.8. The first-order chi connectivity index (χ1) is 10.0. The number of carbonyl (C=O) groups excluding carboxylic acids is 1. The van der Waals surface area contributed by atoms with E-state index in [2.05, 4.69) is 16.4 Å². The van der Waals surface area contributed by atoms with Gasteiger partial charge >= 0.3 is 0 Å². The summed E-state index contributed by atoms with van der Waals surface area (Å²) in [5.74, 6) is -0.557. The summed E-state index contributed by atoms with van der Waals surface area (Å²) >= 11 is 0. The minimum atomic E-state index is -0.328. The van der Waals surface area contributed by atoms with Crippen molar-refractivity contribution in [2.75, 3.05) is 5.32 Å². The molecule has 106 valence electrons. The van der Waals surface area contributed by atoms with Crippen LogP contribution in [-0.4, -0.2) is 10.9 Å². The van der Waals surface area contributed by atoms with E-state index in [1.807, 2.05) is 26.0 Å². The third kappa shape index (κ3) is 2.52. The Balaban J connectivity index is 1.94. The van der Waals surface area contributed by atoms with E-state index in [9.17, 15) is 9.18 Å². The number of benzene rings is 2. The van der Waals surface area contributed by atoms with E-state index in [-0.39, 0.29) is 11.7 Å². The van der Waals surface area contributed by atoms with Gasteiger partial charge in [-0.15, -0.1) is 0 Å². The number of halogens is 1. The Morgan fingerprint density at radius 2 is 1.81 bits per heavy atom. The summed E-state index contributed by atoms with van der Waals surface area (Å²) in [6, 6.07) is 11.7. The highest BCUT2D eigenvalue weighted by Crippen LogP contribution is 2.23. The van der Waals surface area contributed by atoms with E-state index in [0.717, 1.165) is 22.0 Å². The van der Waals surface area contributed by atoms with Gasteiger partial charge in [-0.3, -0.25) is 4.79 Å². The number of anilines is 1. The maximum Gasteiger partial charge on any atom is 0.272 e. The molecule has 1 amide bonds. The van der Waals surface area contributed by atoms with E-state index in [1.165, 1.54) is 24.3 Å². The van der Waals surface area contributed by atoms with Crippen LogP contribution in [0, 0.1) is 19.7 Å². The van der Waals surface area contributed by atoms with Crippen molar-refractivity contribution in [1.82, 2.24) is 4.98 Å². The van der Waals surface area contributed by atoms with E-state index in [4.69, 9.17) is 0 Å². The van der Waals surface area contributed by atoms with Gasteiger partial charge in [-0.05, 0) is 55.8 Å². The Hall–Kier alpha value is -2.62. The summed E-state index contributed by atoms with van der Waals surface area (Å²) in [5.41, 5.74) is 4.08. The van der Waals surface area contributed by atoms with Gasteiger partial charge < -0.3 is 10.3 Å². The second-order valence-corrected chi connectivity index (χ2v) is 5.14. The van der Waals surface area contributed by atoms with Crippen LogP contribution in [0.5, 0.6) is 0 Å². The van der Waals surface area contributed by atoms with Crippen molar-refractivity contribution in [2.45, 2.75) is 13.8 Å². The van der Waals surface area contributed by atoms with Gasteiger partial charge in [-0.25, -0.2) is 4.39 Å². The molecule has 2 aromatic carbocycles. The van der Waals surface area contributed by atoms with Crippen LogP contribution >= 0.6 is 0 Å². The van der Waals surface area contributed by atoms with Crippen molar-refractivity contribution in [3.8, 4) is 0 Å². The average Bonchev–Trinajstić information content (AvgIpc) is 2.79. The molecule has 3 nitrogen and oxygen atoms in total. The third-order valence-corrected chi connectivity index (χ3v) is 3.54. The van der Waals surface area contributed by atoms with Gasteiger partial charge in [0.15, 0.2) is 0 Å². The van der Waals surface area contributed by atoms with Crippen LogP contribution in [0.25, 0.3) is 10.9 Å². The molecular weight excluding hydrogens is 267 g/mol. The number of aromatic amines is 1. The fraction of sp³-hybridized carbons (Fsp3) is 0.118. The first-order valence-electron chi connectivity index (χ1n) is 6.70. The van der Waals surface area contributed by atoms with E-state index >= 15 is 0 Å². The summed E-state index contributed by atoms with van der Waals surface area (Å²) in [6.07, 6.45) is 0. The number of nitrogens with one attached hydrogen (secondary N) is 2. The Bertz CT molecular complexity index is 819. The Labute approximate surface area is 121 Å². The summed E-state index contributed by atoms with van der Waals surface area (Å²) in [5, 5.41) is 3.81. The molecule has 0 aliphatic rings. The first-order valence-corrected chi connectivity index (χ1v) is 6.70. The maximum absolute atomic E-state index is 12.9.